The lowest BCUT2D eigenvalue weighted by Crippen LogP contribution is -2.39. The Kier molecular flexibility index (Phi) is 5.27. The summed E-state index contributed by atoms with van der Waals surface area (Å²) >= 11 is 6.33. The van der Waals surface area contributed by atoms with Gasteiger partial charge in [-0.3, -0.25) is 14.5 Å². The number of likely N-dealkylation sites (tertiary alicyclic amines) is 1. The van der Waals surface area contributed by atoms with Gasteiger partial charge in [0.05, 0.1) is 29.3 Å². The molecule has 0 saturated carbocycles. The molecule has 0 radical (unpaired) electrons. The van der Waals surface area contributed by atoms with Gasteiger partial charge in [0.2, 0.25) is 5.76 Å². The van der Waals surface area contributed by atoms with Crippen molar-refractivity contribution in [1.29, 1.82) is 0 Å². The fourth-order valence-electron chi connectivity index (χ4n) is 5.28. The van der Waals surface area contributed by atoms with Crippen LogP contribution in [0.25, 0.3) is 11.0 Å². The van der Waals surface area contributed by atoms with Crippen molar-refractivity contribution in [3.05, 3.63) is 105 Å². The Morgan fingerprint density at radius 2 is 1.82 bits per heavy atom. The average molecular weight is 475 g/mol. The molecule has 1 fully saturated rings. The van der Waals surface area contributed by atoms with E-state index in [1.165, 1.54) is 0 Å². The molecule has 0 bridgehead atoms. The number of halogens is 1. The maximum Gasteiger partial charge on any atom is 0.290 e. The number of rotatable bonds is 5. The first kappa shape index (κ1) is 21.2. The van der Waals surface area contributed by atoms with Crippen molar-refractivity contribution >= 4 is 28.5 Å². The minimum atomic E-state index is -0.595. The normalized spacial score (nSPS) is 19.1. The van der Waals surface area contributed by atoms with Crippen LogP contribution < -0.4 is 5.43 Å². The maximum absolute atomic E-state index is 13.8. The monoisotopic (exact) mass is 474 g/mol. The van der Waals surface area contributed by atoms with E-state index in [1.54, 1.807) is 41.5 Å². The first-order chi connectivity index (χ1) is 16.6. The van der Waals surface area contributed by atoms with Crippen LogP contribution in [-0.4, -0.2) is 35.3 Å². The molecule has 1 amide bonds. The van der Waals surface area contributed by atoms with Crippen LogP contribution in [0.2, 0.25) is 5.02 Å². The molecule has 172 valence electrons. The number of para-hydroxylation sites is 1. The van der Waals surface area contributed by atoms with Crippen LogP contribution in [0.3, 0.4) is 0 Å². The number of carbonyl (C=O) groups is 1. The standard InChI is InChI=1S/C27H23ClN2O4/c28-18-8-5-7-17(15-18)24-23-25(31)19-9-1-2-10-21(19)34-26(23)27(32)30(24)16-20(22-11-6-14-33-22)29-12-3-4-13-29/h1-2,5-11,14-15,20,24H,3-4,12-13,16H2. The maximum atomic E-state index is 13.8. The molecule has 2 atom stereocenters. The summed E-state index contributed by atoms with van der Waals surface area (Å²) in [4.78, 5) is 31.5. The van der Waals surface area contributed by atoms with Crippen molar-refractivity contribution in [3.8, 4) is 0 Å². The van der Waals surface area contributed by atoms with Gasteiger partial charge in [-0.05, 0) is 67.9 Å². The molecule has 4 heterocycles. The van der Waals surface area contributed by atoms with E-state index < -0.39 is 6.04 Å². The number of fused-ring (bicyclic) bond motifs is 2. The van der Waals surface area contributed by atoms with Crippen molar-refractivity contribution in [1.82, 2.24) is 9.80 Å². The highest BCUT2D eigenvalue weighted by Gasteiger charge is 2.44. The van der Waals surface area contributed by atoms with Gasteiger partial charge in [-0.15, -0.1) is 0 Å². The van der Waals surface area contributed by atoms with Gasteiger partial charge in [-0.2, -0.15) is 0 Å². The molecule has 6 rings (SSSR count). The van der Waals surface area contributed by atoms with E-state index in [0.717, 1.165) is 37.3 Å². The second kappa shape index (κ2) is 8.46. The molecular weight excluding hydrogens is 452 g/mol. The second-order valence-electron chi connectivity index (χ2n) is 8.86. The van der Waals surface area contributed by atoms with Crippen molar-refractivity contribution < 1.29 is 13.6 Å². The zero-order valence-corrected chi connectivity index (χ0v) is 19.2. The highest BCUT2D eigenvalue weighted by atomic mass is 35.5. The van der Waals surface area contributed by atoms with Crippen LogP contribution in [0.5, 0.6) is 0 Å². The summed E-state index contributed by atoms with van der Waals surface area (Å²) in [5, 5.41) is 1.01. The van der Waals surface area contributed by atoms with E-state index >= 15 is 0 Å². The average Bonchev–Trinajstić information content (AvgIpc) is 3.60. The molecule has 4 aromatic rings. The second-order valence-corrected chi connectivity index (χ2v) is 9.30. The highest BCUT2D eigenvalue weighted by Crippen LogP contribution is 2.41. The summed E-state index contributed by atoms with van der Waals surface area (Å²) in [6.07, 6.45) is 3.87. The van der Waals surface area contributed by atoms with E-state index in [0.29, 0.717) is 28.1 Å². The summed E-state index contributed by atoms with van der Waals surface area (Å²) in [5.74, 6) is 0.617. The number of furan rings is 1. The van der Waals surface area contributed by atoms with Crippen molar-refractivity contribution in [3.63, 3.8) is 0 Å². The van der Waals surface area contributed by atoms with Crippen LogP contribution in [0.1, 0.15) is 52.4 Å². The number of hydrogen-bond acceptors (Lipinski definition) is 5. The Morgan fingerprint density at radius 3 is 2.59 bits per heavy atom. The number of nitrogens with zero attached hydrogens (tertiary/aromatic N) is 2. The first-order valence-corrected chi connectivity index (χ1v) is 11.9. The van der Waals surface area contributed by atoms with Crippen LogP contribution in [0.15, 0.2) is 80.6 Å². The molecule has 1 saturated heterocycles. The van der Waals surface area contributed by atoms with Gasteiger partial charge < -0.3 is 13.7 Å². The Bertz CT molecular complexity index is 1420. The van der Waals surface area contributed by atoms with Crippen LogP contribution in [-0.2, 0) is 0 Å². The minimum absolute atomic E-state index is 0.105. The minimum Gasteiger partial charge on any atom is -0.468 e. The molecule has 34 heavy (non-hydrogen) atoms. The van der Waals surface area contributed by atoms with Crippen LogP contribution in [0.4, 0.5) is 0 Å². The molecule has 2 aromatic heterocycles. The van der Waals surface area contributed by atoms with Gasteiger partial charge in [-0.1, -0.05) is 35.9 Å². The largest absolute Gasteiger partial charge is 0.468 e. The van der Waals surface area contributed by atoms with Crippen molar-refractivity contribution in [2.24, 2.45) is 0 Å². The fourth-order valence-corrected chi connectivity index (χ4v) is 5.48. The molecular formula is C27H23ClN2O4. The van der Waals surface area contributed by atoms with Gasteiger partial charge in [0.1, 0.15) is 11.3 Å². The summed E-state index contributed by atoms with van der Waals surface area (Å²) in [7, 11) is 0. The third kappa shape index (κ3) is 3.45. The van der Waals surface area contributed by atoms with Gasteiger partial charge in [-0.25, -0.2) is 0 Å². The predicted molar refractivity (Wildman–Crippen MR) is 129 cm³/mol. The SMILES string of the molecule is O=C1c2oc3ccccc3c(=O)c2C(c2cccc(Cl)c2)N1CC(c1ccco1)N1CCCC1. The Labute approximate surface area is 201 Å². The van der Waals surface area contributed by atoms with Crippen molar-refractivity contribution in [2.45, 2.75) is 24.9 Å². The topological polar surface area (TPSA) is 66.9 Å². The zero-order valence-electron chi connectivity index (χ0n) is 18.4. The van der Waals surface area contributed by atoms with Crippen LogP contribution >= 0.6 is 11.6 Å². The quantitative estimate of drug-likeness (QED) is 0.386. The lowest BCUT2D eigenvalue weighted by atomic mass is 9.98. The molecule has 2 unspecified atom stereocenters. The molecule has 0 spiro atoms. The summed E-state index contributed by atoms with van der Waals surface area (Å²) in [5.41, 5.74) is 1.37. The summed E-state index contributed by atoms with van der Waals surface area (Å²) in [6, 6.07) is 17.5. The van der Waals surface area contributed by atoms with Crippen LogP contribution in [0, 0.1) is 0 Å². The van der Waals surface area contributed by atoms with E-state index in [4.69, 9.17) is 20.4 Å². The summed E-state index contributed by atoms with van der Waals surface area (Å²) < 4.78 is 11.8. The fraction of sp³-hybridized carbons (Fsp3) is 0.259. The molecule has 7 heteroatoms. The van der Waals surface area contributed by atoms with Gasteiger partial charge in [0.25, 0.3) is 5.91 Å². The molecule has 2 aliphatic heterocycles. The van der Waals surface area contributed by atoms with Gasteiger partial charge >= 0.3 is 0 Å². The van der Waals surface area contributed by atoms with Crippen molar-refractivity contribution in [2.75, 3.05) is 19.6 Å². The summed E-state index contributed by atoms with van der Waals surface area (Å²) in [6.45, 7) is 2.23. The molecule has 6 nitrogen and oxygen atoms in total. The van der Waals surface area contributed by atoms with E-state index in [2.05, 4.69) is 4.90 Å². The molecule has 2 aliphatic rings. The highest BCUT2D eigenvalue weighted by molar-refractivity contribution is 6.30. The molecule has 0 aliphatic carbocycles. The number of amides is 1. The van der Waals surface area contributed by atoms with E-state index in [1.807, 2.05) is 30.3 Å². The number of hydrogen-bond donors (Lipinski definition) is 0. The Hall–Kier alpha value is -3.35. The Morgan fingerprint density at radius 1 is 1.00 bits per heavy atom. The lowest BCUT2D eigenvalue weighted by molar-refractivity contribution is 0.0644. The number of benzene rings is 2. The predicted octanol–water partition coefficient (Wildman–Crippen LogP) is 5.42. The van der Waals surface area contributed by atoms with E-state index in [9.17, 15) is 9.59 Å². The lowest BCUT2D eigenvalue weighted by Gasteiger charge is -2.33. The third-order valence-corrected chi connectivity index (χ3v) is 7.10. The third-order valence-electron chi connectivity index (χ3n) is 6.86. The first-order valence-electron chi connectivity index (χ1n) is 11.5. The smallest absolute Gasteiger partial charge is 0.290 e. The molecule has 2 aromatic carbocycles. The zero-order chi connectivity index (χ0) is 23.2. The molecule has 0 N–H and O–H groups in total. The Balaban J connectivity index is 1.51. The number of carbonyl (C=O) groups excluding carboxylic acids is 1. The van der Waals surface area contributed by atoms with E-state index in [-0.39, 0.29) is 23.1 Å². The van der Waals surface area contributed by atoms with Gasteiger partial charge in [0, 0.05) is 11.6 Å². The van der Waals surface area contributed by atoms with Gasteiger partial charge in [0.15, 0.2) is 5.43 Å².